The zero-order valence-electron chi connectivity index (χ0n) is 10.00. The van der Waals surface area contributed by atoms with Crippen LogP contribution in [0.3, 0.4) is 0 Å². The maximum absolute atomic E-state index is 5.96. The molecule has 2 aromatic rings. The molecule has 5 nitrogen and oxygen atoms in total. The first kappa shape index (κ1) is 11.7. The Morgan fingerprint density at radius 3 is 2.88 bits per heavy atom. The van der Waals surface area contributed by atoms with Gasteiger partial charge in [-0.05, 0) is 18.1 Å². The van der Waals surface area contributed by atoms with Crippen LogP contribution in [0.15, 0.2) is 29.0 Å². The molecule has 0 aromatic carbocycles. The first-order chi connectivity index (χ1) is 8.16. The molecule has 0 radical (unpaired) electrons. The summed E-state index contributed by atoms with van der Waals surface area (Å²) >= 11 is 0. The van der Waals surface area contributed by atoms with Gasteiger partial charge in [-0.2, -0.15) is 4.98 Å². The molecule has 0 saturated heterocycles. The molecule has 0 fully saturated rings. The molecule has 17 heavy (non-hydrogen) atoms. The molecule has 2 rings (SSSR count). The molecule has 1 atom stereocenters. The molecular weight excluding hydrogens is 216 g/mol. The maximum atomic E-state index is 5.96. The van der Waals surface area contributed by atoms with Gasteiger partial charge in [0.25, 0.3) is 0 Å². The van der Waals surface area contributed by atoms with E-state index in [0.717, 1.165) is 5.56 Å². The van der Waals surface area contributed by atoms with Crippen molar-refractivity contribution >= 4 is 0 Å². The normalized spacial score (nSPS) is 12.9. The second-order valence-electron chi connectivity index (χ2n) is 4.37. The van der Waals surface area contributed by atoms with E-state index in [1.807, 2.05) is 12.1 Å². The van der Waals surface area contributed by atoms with E-state index in [0.29, 0.717) is 24.1 Å². The molecule has 0 spiro atoms. The molecule has 2 aromatic heterocycles. The molecule has 0 saturated carbocycles. The minimum atomic E-state index is 0.0391. The largest absolute Gasteiger partial charge is 0.339 e. The van der Waals surface area contributed by atoms with Gasteiger partial charge in [-0.25, -0.2) is 0 Å². The van der Waals surface area contributed by atoms with Crippen molar-refractivity contribution in [1.82, 2.24) is 15.1 Å². The van der Waals surface area contributed by atoms with Crippen LogP contribution in [-0.2, 0) is 6.42 Å². The lowest BCUT2D eigenvalue weighted by molar-refractivity contribution is 0.353. The van der Waals surface area contributed by atoms with Gasteiger partial charge in [-0.3, -0.25) is 4.98 Å². The first-order valence-electron chi connectivity index (χ1n) is 5.65. The van der Waals surface area contributed by atoms with E-state index in [4.69, 9.17) is 10.3 Å². The van der Waals surface area contributed by atoms with E-state index >= 15 is 0 Å². The number of hydrogen-bond acceptors (Lipinski definition) is 5. The van der Waals surface area contributed by atoms with Crippen LogP contribution in [0.2, 0.25) is 0 Å². The quantitative estimate of drug-likeness (QED) is 0.867. The Bertz CT molecular complexity index is 466. The van der Waals surface area contributed by atoms with Gasteiger partial charge in [0.05, 0.1) is 0 Å². The highest BCUT2D eigenvalue weighted by Gasteiger charge is 2.14. The minimum Gasteiger partial charge on any atom is -0.339 e. The van der Waals surface area contributed by atoms with Crippen LogP contribution >= 0.6 is 0 Å². The van der Waals surface area contributed by atoms with Gasteiger partial charge < -0.3 is 10.3 Å². The highest BCUT2D eigenvalue weighted by molar-refractivity contribution is 5.51. The second kappa shape index (κ2) is 5.05. The first-order valence-corrected chi connectivity index (χ1v) is 5.65. The van der Waals surface area contributed by atoms with Crippen LogP contribution in [0.5, 0.6) is 0 Å². The molecule has 0 aliphatic rings. The molecule has 2 N–H and O–H groups in total. The predicted molar refractivity (Wildman–Crippen MR) is 64.0 cm³/mol. The lowest BCUT2D eigenvalue weighted by Crippen LogP contribution is -2.28. The van der Waals surface area contributed by atoms with Crippen LogP contribution in [0.1, 0.15) is 19.7 Å². The van der Waals surface area contributed by atoms with Crippen molar-refractivity contribution in [3.05, 3.63) is 30.4 Å². The number of nitrogens with two attached hydrogens (primary N) is 1. The summed E-state index contributed by atoms with van der Waals surface area (Å²) in [7, 11) is 0. The number of rotatable bonds is 4. The SMILES string of the molecule is CC(C)C(N)Cc1nc(-c2cccnc2)no1. The third kappa shape index (κ3) is 2.88. The standard InChI is InChI=1S/C12H16N4O/c1-8(2)10(13)6-11-15-12(16-17-11)9-4-3-5-14-7-9/h3-5,7-8,10H,6,13H2,1-2H3. The van der Waals surface area contributed by atoms with Crippen molar-refractivity contribution in [3.8, 4) is 11.4 Å². The van der Waals surface area contributed by atoms with Crippen molar-refractivity contribution in [2.75, 3.05) is 0 Å². The van der Waals surface area contributed by atoms with Gasteiger partial charge in [-0.1, -0.05) is 19.0 Å². The Morgan fingerprint density at radius 2 is 2.24 bits per heavy atom. The summed E-state index contributed by atoms with van der Waals surface area (Å²) in [6.07, 6.45) is 4.01. The fraction of sp³-hybridized carbons (Fsp3) is 0.417. The molecule has 0 amide bonds. The monoisotopic (exact) mass is 232 g/mol. The van der Waals surface area contributed by atoms with Gasteiger partial charge in [0, 0.05) is 30.4 Å². The summed E-state index contributed by atoms with van der Waals surface area (Å²) < 4.78 is 5.17. The number of aromatic nitrogens is 3. The zero-order valence-corrected chi connectivity index (χ0v) is 10.00. The fourth-order valence-corrected chi connectivity index (χ4v) is 1.39. The van der Waals surface area contributed by atoms with E-state index < -0.39 is 0 Å². The highest BCUT2D eigenvalue weighted by atomic mass is 16.5. The molecule has 1 unspecified atom stereocenters. The summed E-state index contributed by atoms with van der Waals surface area (Å²) in [5.41, 5.74) is 6.80. The van der Waals surface area contributed by atoms with Gasteiger partial charge in [-0.15, -0.1) is 0 Å². The van der Waals surface area contributed by atoms with Gasteiger partial charge >= 0.3 is 0 Å². The molecule has 0 aliphatic carbocycles. The van der Waals surface area contributed by atoms with Crippen molar-refractivity contribution in [2.45, 2.75) is 26.3 Å². The van der Waals surface area contributed by atoms with Gasteiger partial charge in [0.2, 0.25) is 11.7 Å². The lowest BCUT2D eigenvalue weighted by atomic mass is 10.0. The Kier molecular flexibility index (Phi) is 3.49. The molecule has 2 heterocycles. The number of hydrogen-bond donors (Lipinski definition) is 1. The van der Waals surface area contributed by atoms with Crippen molar-refractivity contribution < 1.29 is 4.52 Å². The predicted octanol–water partition coefficient (Wildman–Crippen LogP) is 1.66. The van der Waals surface area contributed by atoms with Gasteiger partial charge in [0.1, 0.15) is 0 Å². The topological polar surface area (TPSA) is 77.8 Å². The Balaban J connectivity index is 2.12. The van der Waals surface area contributed by atoms with Crippen LogP contribution < -0.4 is 5.73 Å². The van der Waals surface area contributed by atoms with Crippen molar-refractivity contribution in [3.63, 3.8) is 0 Å². The average Bonchev–Trinajstić information content (AvgIpc) is 2.78. The number of nitrogens with zero attached hydrogens (tertiary/aromatic N) is 3. The van der Waals surface area contributed by atoms with Crippen LogP contribution in [0.4, 0.5) is 0 Å². The molecule has 90 valence electrons. The maximum Gasteiger partial charge on any atom is 0.228 e. The lowest BCUT2D eigenvalue weighted by Gasteiger charge is -2.11. The van der Waals surface area contributed by atoms with E-state index in [-0.39, 0.29) is 6.04 Å². The third-order valence-electron chi connectivity index (χ3n) is 2.65. The highest BCUT2D eigenvalue weighted by Crippen LogP contribution is 2.15. The van der Waals surface area contributed by atoms with Crippen LogP contribution in [0.25, 0.3) is 11.4 Å². The van der Waals surface area contributed by atoms with Crippen LogP contribution in [-0.4, -0.2) is 21.2 Å². The van der Waals surface area contributed by atoms with Gasteiger partial charge in [0.15, 0.2) is 0 Å². The average molecular weight is 232 g/mol. The van der Waals surface area contributed by atoms with Crippen molar-refractivity contribution in [2.24, 2.45) is 11.7 Å². The fourth-order valence-electron chi connectivity index (χ4n) is 1.39. The Morgan fingerprint density at radius 1 is 1.41 bits per heavy atom. The Labute approximate surface area is 100 Å². The molecule has 5 heteroatoms. The smallest absolute Gasteiger partial charge is 0.228 e. The van der Waals surface area contributed by atoms with E-state index in [9.17, 15) is 0 Å². The summed E-state index contributed by atoms with van der Waals surface area (Å²) in [4.78, 5) is 8.32. The zero-order chi connectivity index (χ0) is 12.3. The van der Waals surface area contributed by atoms with E-state index in [2.05, 4.69) is 29.0 Å². The summed E-state index contributed by atoms with van der Waals surface area (Å²) in [5.74, 6) is 1.53. The minimum absolute atomic E-state index is 0.0391. The van der Waals surface area contributed by atoms with Crippen molar-refractivity contribution in [1.29, 1.82) is 0 Å². The van der Waals surface area contributed by atoms with E-state index in [1.54, 1.807) is 12.4 Å². The molecule has 0 aliphatic heterocycles. The second-order valence-corrected chi connectivity index (χ2v) is 4.37. The molecular formula is C12H16N4O. The summed E-state index contributed by atoms with van der Waals surface area (Å²) in [5, 5.41) is 3.92. The van der Waals surface area contributed by atoms with Crippen LogP contribution in [0, 0.1) is 5.92 Å². The summed E-state index contributed by atoms with van der Waals surface area (Å²) in [6.45, 7) is 4.14. The Hall–Kier alpha value is -1.75. The third-order valence-corrected chi connectivity index (χ3v) is 2.65. The molecule has 0 bridgehead atoms. The summed E-state index contributed by atoms with van der Waals surface area (Å²) in [6, 6.07) is 3.77. The van der Waals surface area contributed by atoms with E-state index in [1.165, 1.54) is 0 Å². The number of pyridine rings is 1.